The molecule has 0 atom stereocenters. The Bertz CT molecular complexity index is 1170. The molecule has 2 aromatic carbocycles. The van der Waals surface area contributed by atoms with E-state index in [2.05, 4.69) is 6.07 Å². The molecule has 0 unspecified atom stereocenters. The second kappa shape index (κ2) is 8.31. The maximum atomic E-state index is 12.5. The largest absolute Gasteiger partial charge is 0.457 e. The normalized spacial score (nSPS) is 13.2. The molecule has 0 fully saturated rings. The van der Waals surface area contributed by atoms with E-state index in [4.69, 9.17) is 15.2 Å². The molecule has 1 aliphatic rings. The van der Waals surface area contributed by atoms with Crippen molar-refractivity contribution in [2.45, 2.75) is 39.3 Å². The summed E-state index contributed by atoms with van der Waals surface area (Å²) < 4.78 is 13.2. The molecule has 164 valence electrons. The van der Waals surface area contributed by atoms with Crippen molar-refractivity contribution in [2.75, 3.05) is 12.3 Å². The summed E-state index contributed by atoms with van der Waals surface area (Å²) in [6, 6.07) is 19.3. The minimum atomic E-state index is -0.573. The summed E-state index contributed by atoms with van der Waals surface area (Å²) in [6.45, 7) is 6.32. The third kappa shape index (κ3) is 4.26. The van der Waals surface area contributed by atoms with Gasteiger partial charge in [-0.1, -0.05) is 18.2 Å². The number of fused-ring (bicyclic) bond motifs is 1. The Morgan fingerprint density at radius 3 is 2.34 bits per heavy atom. The fourth-order valence-corrected chi connectivity index (χ4v) is 3.80. The highest BCUT2D eigenvalue weighted by Gasteiger charge is 2.31. The van der Waals surface area contributed by atoms with Crippen LogP contribution < -0.4 is 10.5 Å². The summed E-state index contributed by atoms with van der Waals surface area (Å²) in [6.07, 6.45) is 0.194. The number of rotatable bonds is 3. The average molecular weight is 431 g/mol. The lowest BCUT2D eigenvalue weighted by molar-refractivity contribution is 0.0223. The first-order chi connectivity index (χ1) is 15.3. The van der Waals surface area contributed by atoms with E-state index in [9.17, 15) is 10.1 Å². The first kappa shape index (κ1) is 21.3. The number of anilines is 1. The third-order valence-electron chi connectivity index (χ3n) is 5.22. The lowest BCUT2D eigenvalue weighted by Gasteiger charge is -2.30. The van der Waals surface area contributed by atoms with Gasteiger partial charge in [0.05, 0.1) is 12.2 Å². The minimum Gasteiger partial charge on any atom is -0.457 e. The van der Waals surface area contributed by atoms with Crippen LogP contribution in [0.3, 0.4) is 0 Å². The number of nitrogens with two attached hydrogens (primary N) is 1. The number of amides is 1. The molecule has 0 saturated heterocycles. The molecule has 0 radical (unpaired) electrons. The second-order valence-corrected chi connectivity index (χ2v) is 8.70. The molecular formula is C25H26N4O3. The number of nitrogens with zero attached hydrogens (tertiary/aromatic N) is 3. The van der Waals surface area contributed by atoms with E-state index >= 15 is 0 Å². The fraction of sp³-hybridized carbons (Fsp3) is 0.280. The van der Waals surface area contributed by atoms with Crippen molar-refractivity contribution >= 4 is 11.8 Å². The Morgan fingerprint density at radius 1 is 1.06 bits per heavy atom. The number of hydrogen-bond acceptors (Lipinski definition) is 5. The molecule has 1 amide bonds. The molecule has 2 N–H and O–H groups in total. The van der Waals surface area contributed by atoms with E-state index in [1.54, 1.807) is 4.90 Å². The standard InChI is InChI=1S/C25H26N4O3/c1-25(2,3)32-24(30)28-14-13-21-20(16-28)23(27)22(15-26)29(21)17-9-11-19(12-10-17)31-18-7-5-4-6-8-18/h4-12H,13-14,16,27H2,1-3H3. The molecule has 1 aliphatic heterocycles. The summed E-state index contributed by atoms with van der Waals surface area (Å²) >= 11 is 0. The minimum absolute atomic E-state index is 0.312. The quantitative estimate of drug-likeness (QED) is 0.630. The highest BCUT2D eigenvalue weighted by molar-refractivity contribution is 5.71. The number of benzene rings is 2. The Morgan fingerprint density at radius 2 is 1.72 bits per heavy atom. The van der Waals surface area contributed by atoms with Crippen molar-refractivity contribution < 1.29 is 14.3 Å². The lowest BCUT2D eigenvalue weighted by Crippen LogP contribution is -2.40. The zero-order valence-electron chi connectivity index (χ0n) is 18.5. The average Bonchev–Trinajstić information content (AvgIpc) is 3.05. The molecule has 1 aromatic heterocycles. The predicted octanol–water partition coefficient (Wildman–Crippen LogP) is 5.02. The van der Waals surface area contributed by atoms with Crippen molar-refractivity contribution in [2.24, 2.45) is 0 Å². The van der Waals surface area contributed by atoms with Crippen LogP contribution in [0.1, 0.15) is 37.7 Å². The maximum absolute atomic E-state index is 12.5. The molecule has 0 bridgehead atoms. The van der Waals surface area contributed by atoms with Gasteiger partial charge in [-0.25, -0.2) is 4.79 Å². The van der Waals surface area contributed by atoms with Gasteiger partial charge in [0.2, 0.25) is 0 Å². The van der Waals surface area contributed by atoms with Crippen molar-refractivity contribution in [3.05, 3.63) is 71.5 Å². The van der Waals surface area contributed by atoms with Crippen LogP contribution in [0.4, 0.5) is 10.5 Å². The zero-order chi connectivity index (χ0) is 22.9. The summed E-state index contributed by atoms with van der Waals surface area (Å²) in [5.74, 6) is 1.45. The molecule has 4 rings (SSSR count). The first-order valence-electron chi connectivity index (χ1n) is 10.5. The van der Waals surface area contributed by atoms with Crippen LogP contribution in [-0.4, -0.2) is 27.7 Å². The van der Waals surface area contributed by atoms with Crippen molar-refractivity contribution in [1.82, 2.24) is 9.47 Å². The molecule has 0 spiro atoms. The lowest BCUT2D eigenvalue weighted by atomic mass is 10.1. The van der Waals surface area contributed by atoms with Gasteiger partial charge in [0, 0.05) is 29.9 Å². The number of hydrogen-bond donors (Lipinski definition) is 1. The van der Waals surface area contributed by atoms with Crippen LogP contribution in [0.25, 0.3) is 5.69 Å². The highest BCUT2D eigenvalue weighted by Crippen LogP contribution is 2.34. The summed E-state index contributed by atoms with van der Waals surface area (Å²) in [5, 5.41) is 9.81. The van der Waals surface area contributed by atoms with Crippen LogP contribution in [-0.2, 0) is 17.7 Å². The Labute approximate surface area is 187 Å². The predicted molar refractivity (Wildman–Crippen MR) is 122 cm³/mol. The molecule has 3 aromatic rings. The third-order valence-corrected chi connectivity index (χ3v) is 5.22. The van der Waals surface area contributed by atoms with Gasteiger partial charge in [-0.05, 0) is 57.2 Å². The van der Waals surface area contributed by atoms with Gasteiger partial charge >= 0.3 is 6.09 Å². The van der Waals surface area contributed by atoms with Gasteiger partial charge in [-0.3, -0.25) is 0 Å². The molecule has 32 heavy (non-hydrogen) atoms. The number of nitrogen functional groups attached to an aromatic ring is 1. The molecule has 0 aliphatic carbocycles. The van der Waals surface area contributed by atoms with Gasteiger partial charge < -0.3 is 24.7 Å². The Balaban J connectivity index is 1.62. The Kier molecular flexibility index (Phi) is 5.54. The molecular weight excluding hydrogens is 404 g/mol. The van der Waals surface area contributed by atoms with E-state index < -0.39 is 5.60 Å². The number of carbonyl (C=O) groups excluding carboxylic acids is 1. The number of ether oxygens (including phenoxy) is 2. The Hall–Kier alpha value is -3.92. The van der Waals surface area contributed by atoms with Gasteiger partial charge in [-0.2, -0.15) is 5.26 Å². The topological polar surface area (TPSA) is 93.5 Å². The van der Waals surface area contributed by atoms with E-state index in [1.807, 2.05) is 79.9 Å². The van der Waals surface area contributed by atoms with Gasteiger partial charge in [0.25, 0.3) is 0 Å². The van der Waals surface area contributed by atoms with E-state index in [1.165, 1.54) is 0 Å². The summed E-state index contributed by atoms with van der Waals surface area (Å²) in [4.78, 5) is 14.2. The van der Waals surface area contributed by atoms with E-state index in [0.717, 1.165) is 22.7 Å². The van der Waals surface area contributed by atoms with Crippen LogP contribution in [0, 0.1) is 11.3 Å². The maximum Gasteiger partial charge on any atom is 0.410 e. The fourth-order valence-electron chi connectivity index (χ4n) is 3.80. The number of para-hydroxylation sites is 1. The summed E-state index contributed by atoms with van der Waals surface area (Å²) in [5.41, 5.74) is 9.11. The van der Waals surface area contributed by atoms with Gasteiger partial charge in [0.1, 0.15) is 28.9 Å². The molecule has 7 nitrogen and oxygen atoms in total. The van der Waals surface area contributed by atoms with Crippen molar-refractivity contribution in [3.63, 3.8) is 0 Å². The second-order valence-electron chi connectivity index (χ2n) is 8.70. The first-order valence-corrected chi connectivity index (χ1v) is 10.5. The summed E-state index contributed by atoms with van der Waals surface area (Å²) in [7, 11) is 0. The van der Waals surface area contributed by atoms with Crippen LogP contribution >= 0.6 is 0 Å². The zero-order valence-corrected chi connectivity index (χ0v) is 18.5. The van der Waals surface area contributed by atoms with Crippen molar-refractivity contribution in [1.29, 1.82) is 5.26 Å². The van der Waals surface area contributed by atoms with E-state index in [-0.39, 0.29) is 6.09 Å². The highest BCUT2D eigenvalue weighted by atomic mass is 16.6. The van der Waals surface area contributed by atoms with Crippen LogP contribution in [0.5, 0.6) is 11.5 Å². The molecule has 0 saturated carbocycles. The molecule has 2 heterocycles. The van der Waals surface area contributed by atoms with Crippen molar-refractivity contribution in [3.8, 4) is 23.3 Å². The number of carbonyl (C=O) groups is 1. The molecule has 7 heteroatoms. The number of nitriles is 1. The van der Waals surface area contributed by atoms with E-state index in [0.29, 0.717) is 36.6 Å². The van der Waals surface area contributed by atoms with Crippen LogP contribution in [0.15, 0.2) is 54.6 Å². The van der Waals surface area contributed by atoms with Gasteiger partial charge in [0.15, 0.2) is 0 Å². The van der Waals surface area contributed by atoms with Crippen LogP contribution in [0.2, 0.25) is 0 Å². The van der Waals surface area contributed by atoms with Gasteiger partial charge in [-0.15, -0.1) is 0 Å². The monoisotopic (exact) mass is 430 g/mol. The SMILES string of the molecule is CC(C)(C)OC(=O)N1CCc2c(c(N)c(C#N)n2-c2ccc(Oc3ccccc3)cc2)C1. The number of aromatic nitrogens is 1. The smallest absolute Gasteiger partial charge is 0.410 e.